The second-order valence-corrected chi connectivity index (χ2v) is 7.81. The van der Waals surface area contributed by atoms with Gasteiger partial charge in [-0.1, -0.05) is 37.6 Å². The van der Waals surface area contributed by atoms with Crippen molar-refractivity contribution in [1.82, 2.24) is 9.55 Å². The molecule has 0 amide bonds. The Balaban J connectivity index is 0.00000256. The SMILES string of the molecule is CCCc1ccc(OCC(O)Cn2c(C3CCOCC3)nc3ccccc32)cc1.Cl. The van der Waals surface area contributed by atoms with Crippen molar-refractivity contribution in [2.75, 3.05) is 19.8 Å². The Hall–Kier alpha value is -2.08. The third-order valence-electron chi connectivity index (χ3n) is 5.57. The van der Waals surface area contributed by atoms with Crippen molar-refractivity contribution in [1.29, 1.82) is 0 Å². The van der Waals surface area contributed by atoms with Gasteiger partial charge in [-0.25, -0.2) is 4.98 Å². The fourth-order valence-electron chi connectivity index (χ4n) is 4.05. The van der Waals surface area contributed by atoms with Crippen molar-refractivity contribution in [3.63, 3.8) is 0 Å². The highest BCUT2D eigenvalue weighted by Gasteiger charge is 2.24. The Morgan fingerprint density at radius 1 is 1.13 bits per heavy atom. The summed E-state index contributed by atoms with van der Waals surface area (Å²) in [6, 6.07) is 16.3. The molecule has 4 rings (SSSR count). The smallest absolute Gasteiger partial charge is 0.119 e. The highest BCUT2D eigenvalue weighted by molar-refractivity contribution is 5.85. The zero-order valence-electron chi connectivity index (χ0n) is 17.5. The maximum absolute atomic E-state index is 10.7. The molecule has 0 radical (unpaired) electrons. The molecule has 1 aromatic heterocycles. The van der Waals surface area contributed by atoms with Crippen LogP contribution in [0.5, 0.6) is 5.75 Å². The normalized spacial score (nSPS) is 15.7. The second-order valence-electron chi connectivity index (χ2n) is 7.81. The van der Waals surface area contributed by atoms with Gasteiger partial charge in [0.25, 0.3) is 0 Å². The number of benzene rings is 2. The molecule has 0 aliphatic carbocycles. The molecule has 0 bridgehead atoms. The van der Waals surface area contributed by atoms with E-state index in [0.29, 0.717) is 12.5 Å². The zero-order chi connectivity index (χ0) is 20.1. The van der Waals surface area contributed by atoms with Gasteiger partial charge in [-0.2, -0.15) is 0 Å². The van der Waals surface area contributed by atoms with Crippen LogP contribution in [0.15, 0.2) is 48.5 Å². The van der Waals surface area contributed by atoms with Gasteiger partial charge in [0, 0.05) is 19.1 Å². The van der Waals surface area contributed by atoms with Crippen molar-refractivity contribution in [3.05, 3.63) is 59.9 Å². The van der Waals surface area contributed by atoms with E-state index in [1.54, 1.807) is 0 Å². The lowest BCUT2D eigenvalue weighted by atomic mass is 9.99. The first-order valence-electron chi connectivity index (χ1n) is 10.7. The molecule has 3 aromatic rings. The number of nitrogens with zero attached hydrogens (tertiary/aromatic N) is 2. The van der Waals surface area contributed by atoms with Crippen LogP contribution in [0.3, 0.4) is 0 Å². The predicted octanol–water partition coefficient (Wildman–Crippen LogP) is 4.74. The molecule has 1 aliphatic rings. The number of para-hydroxylation sites is 2. The van der Waals surface area contributed by atoms with Crippen molar-refractivity contribution in [2.45, 2.75) is 51.2 Å². The van der Waals surface area contributed by atoms with Crippen LogP contribution in [0.4, 0.5) is 0 Å². The summed E-state index contributed by atoms with van der Waals surface area (Å²) in [6.07, 6.45) is 3.54. The van der Waals surface area contributed by atoms with Gasteiger partial charge in [-0.3, -0.25) is 0 Å². The van der Waals surface area contributed by atoms with E-state index < -0.39 is 6.10 Å². The number of aliphatic hydroxyl groups is 1. The van der Waals surface area contributed by atoms with E-state index >= 15 is 0 Å². The maximum atomic E-state index is 10.7. The van der Waals surface area contributed by atoms with Gasteiger partial charge in [-0.05, 0) is 49.1 Å². The number of halogens is 1. The Morgan fingerprint density at radius 2 is 1.87 bits per heavy atom. The monoisotopic (exact) mass is 430 g/mol. The van der Waals surface area contributed by atoms with Gasteiger partial charge in [0.05, 0.1) is 17.6 Å². The van der Waals surface area contributed by atoms with Crippen LogP contribution in [-0.2, 0) is 17.7 Å². The maximum Gasteiger partial charge on any atom is 0.119 e. The topological polar surface area (TPSA) is 56.5 Å². The zero-order valence-corrected chi connectivity index (χ0v) is 18.3. The molecule has 1 saturated heterocycles. The summed E-state index contributed by atoms with van der Waals surface area (Å²) in [5.41, 5.74) is 3.36. The minimum Gasteiger partial charge on any atom is -0.491 e. The third-order valence-corrected chi connectivity index (χ3v) is 5.57. The number of aliphatic hydroxyl groups excluding tert-OH is 1. The first kappa shape index (κ1) is 22.6. The van der Waals surface area contributed by atoms with Crippen LogP contribution in [0.1, 0.15) is 43.5 Å². The Kier molecular flexibility index (Phi) is 8.14. The Labute approximate surface area is 184 Å². The van der Waals surface area contributed by atoms with Crippen LogP contribution >= 0.6 is 12.4 Å². The van der Waals surface area contributed by atoms with Gasteiger partial charge >= 0.3 is 0 Å². The molecule has 2 heterocycles. The summed E-state index contributed by atoms with van der Waals surface area (Å²) in [4.78, 5) is 4.89. The Bertz CT molecular complexity index is 920. The molecule has 2 aromatic carbocycles. The van der Waals surface area contributed by atoms with Crippen LogP contribution in [0.2, 0.25) is 0 Å². The van der Waals surface area contributed by atoms with Crippen molar-refractivity contribution < 1.29 is 14.6 Å². The van der Waals surface area contributed by atoms with E-state index in [-0.39, 0.29) is 19.0 Å². The highest BCUT2D eigenvalue weighted by Crippen LogP contribution is 2.29. The van der Waals surface area contributed by atoms with Crippen molar-refractivity contribution >= 4 is 23.4 Å². The first-order chi connectivity index (χ1) is 14.2. The number of aromatic nitrogens is 2. The lowest BCUT2D eigenvalue weighted by Crippen LogP contribution is -2.26. The molecule has 6 heteroatoms. The largest absolute Gasteiger partial charge is 0.491 e. The third kappa shape index (κ3) is 5.34. The molecule has 162 valence electrons. The molecule has 30 heavy (non-hydrogen) atoms. The fourth-order valence-corrected chi connectivity index (χ4v) is 4.05. The van der Waals surface area contributed by atoms with E-state index in [1.165, 1.54) is 5.56 Å². The summed E-state index contributed by atoms with van der Waals surface area (Å²) in [5.74, 6) is 2.22. The van der Waals surface area contributed by atoms with Crippen molar-refractivity contribution in [2.24, 2.45) is 0 Å². The summed E-state index contributed by atoms with van der Waals surface area (Å²) >= 11 is 0. The lowest BCUT2D eigenvalue weighted by Gasteiger charge is -2.23. The molecule has 0 saturated carbocycles. The number of imidazole rings is 1. The van der Waals surface area contributed by atoms with E-state index in [4.69, 9.17) is 14.5 Å². The predicted molar refractivity (Wildman–Crippen MR) is 122 cm³/mol. The lowest BCUT2D eigenvalue weighted by molar-refractivity contribution is 0.0780. The van der Waals surface area contributed by atoms with Gasteiger partial charge in [0.15, 0.2) is 0 Å². The molecular weight excluding hydrogens is 400 g/mol. The van der Waals surface area contributed by atoms with Crippen LogP contribution in [-0.4, -0.2) is 40.6 Å². The van der Waals surface area contributed by atoms with Gasteiger partial charge in [0.1, 0.15) is 24.3 Å². The molecule has 0 spiro atoms. The second kappa shape index (κ2) is 10.8. The fraction of sp³-hybridized carbons (Fsp3) is 0.458. The van der Waals surface area contributed by atoms with Gasteiger partial charge < -0.3 is 19.1 Å². The number of ether oxygens (including phenoxy) is 2. The van der Waals surface area contributed by atoms with Crippen LogP contribution in [0, 0.1) is 0 Å². The van der Waals surface area contributed by atoms with Crippen molar-refractivity contribution in [3.8, 4) is 5.75 Å². The number of hydrogen-bond donors (Lipinski definition) is 1. The minimum absolute atomic E-state index is 0. The molecule has 1 N–H and O–H groups in total. The Morgan fingerprint density at radius 3 is 2.60 bits per heavy atom. The van der Waals surface area contributed by atoms with Crippen LogP contribution in [0.25, 0.3) is 11.0 Å². The summed E-state index contributed by atoms with van der Waals surface area (Å²) in [5, 5.41) is 10.7. The van der Waals surface area contributed by atoms with E-state index in [9.17, 15) is 5.11 Å². The van der Waals surface area contributed by atoms with E-state index in [0.717, 1.165) is 61.5 Å². The summed E-state index contributed by atoms with van der Waals surface area (Å²) in [6.45, 7) is 4.45. The summed E-state index contributed by atoms with van der Waals surface area (Å²) in [7, 11) is 0. The summed E-state index contributed by atoms with van der Waals surface area (Å²) < 4.78 is 13.5. The van der Waals surface area contributed by atoms with E-state index in [2.05, 4.69) is 29.7 Å². The number of fused-ring (bicyclic) bond motifs is 1. The molecule has 1 atom stereocenters. The van der Waals surface area contributed by atoms with Gasteiger partial charge in [-0.15, -0.1) is 12.4 Å². The number of aryl methyl sites for hydroxylation is 1. The highest BCUT2D eigenvalue weighted by atomic mass is 35.5. The standard InChI is InChI=1S/C24H30N2O3.ClH/c1-2-5-18-8-10-21(11-9-18)29-17-20(27)16-26-23-7-4-3-6-22(23)25-24(26)19-12-14-28-15-13-19;/h3-4,6-11,19-20,27H,2,5,12-17H2,1H3;1H. The van der Waals surface area contributed by atoms with E-state index in [1.807, 2.05) is 30.3 Å². The molecule has 1 aliphatic heterocycles. The number of hydrogen-bond acceptors (Lipinski definition) is 4. The molecule has 5 nitrogen and oxygen atoms in total. The first-order valence-corrected chi connectivity index (χ1v) is 10.7. The molecule has 1 fully saturated rings. The average Bonchev–Trinajstić information content (AvgIpc) is 3.12. The number of rotatable bonds is 8. The molecule has 1 unspecified atom stereocenters. The van der Waals surface area contributed by atoms with Gasteiger partial charge in [0.2, 0.25) is 0 Å². The molecular formula is C24H31ClN2O3. The quantitative estimate of drug-likeness (QED) is 0.560. The average molecular weight is 431 g/mol. The van der Waals surface area contributed by atoms with Crippen LogP contribution < -0.4 is 4.74 Å². The minimum atomic E-state index is -0.610.